The summed E-state index contributed by atoms with van der Waals surface area (Å²) in [6.07, 6.45) is 8.42. The summed E-state index contributed by atoms with van der Waals surface area (Å²) in [7, 11) is -3.53. The largest absolute Gasteiger partial charge is 0.353 e. The third-order valence-corrected chi connectivity index (χ3v) is 7.49. The minimum absolute atomic E-state index is 0.0284. The lowest BCUT2D eigenvalue weighted by molar-refractivity contribution is -0.126. The molecule has 144 valence electrons. The smallest absolute Gasteiger partial charge is 0.243 e. The van der Waals surface area contributed by atoms with Crippen LogP contribution in [0, 0.1) is 12.8 Å². The summed E-state index contributed by atoms with van der Waals surface area (Å²) in [6, 6.07) is 7.19. The van der Waals surface area contributed by atoms with Crippen LogP contribution in [0.15, 0.2) is 29.2 Å². The van der Waals surface area contributed by atoms with Gasteiger partial charge in [-0.05, 0) is 44.7 Å². The van der Waals surface area contributed by atoms with Gasteiger partial charge < -0.3 is 5.32 Å². The van der Waals surface area contributed by atoms with Crippen LogP contribution >= 0.6 is 0 Å². The molecule has 1 aromatic rings. The monoisotopic (exact) mass is 378 g/mol. The van der Waals surface area contributed by atoms with Crippen molar-refractivity contribution in [3.63, 3.8) is 0 Å². The van der Waals surface area contributed by atoms with Crippen molar-refractivity contribution < 1.29 is 13.2 Å². The van der Waals surface area contributed by atoms with Crippen LogP contribution in [0.4, 0.5) is 0 Å². The topological polar surface area (TPSA) is 66.5 Å². The summed E-state index contributed by atoms with van der Waals surface area (Å²) >= 11 is 0. The van der Waals surface area contributed by atoms with Crippen molar-refractivity contribution in [2.45, 2.75) is 69.2 Å². The van der Waals surface area contributed by atoms with Crippen molar-refractivity contribution in [2.75, 3.05) is 13.1 Å². The van der Waals surface area contributed by atoms with E-state index in [1.807, 2.05) is 19.1 Å². The summed E-state index contributed by atoms with van der Waals surface area (Å²) in [5.74, 6) is -0.215. The highest BCUT2D eigenvalue weighted by molar-refractivity contribution is 7.89. The number of aryl methyl sites for hydroxylation is 1. The lowest BCUT2D eigenvalue weighted by Gasteiger charge is -2.32. The van der Waals surface area contributed by atoms with Gasteiger partial charge in [-0.2, -0.15) is 4.31 Å². The maximum atomic E-state index is 12.9. The fourth-order valence-electron chi connectivity index (χ4n) is 3.98. The summed E-state index contributed by atoms with van der Waals surface area (Å²) in [4.78, 5) is 13.0. The standard InChI is InChI=1S/C20H30N2O3S/c1-16-10-12-19(13-11-16)26(24,25)22-14-6-7-17(15-22)20(23)21-18-8-4-2-3-5-9-18/h10-13,17-18H,2-9,14-15H2,1H3,(H,21,23)/t17-/m0/s1. The first-order valence-electron chi connectivity index (χ1n) is 9.84. The number of amides is 1. The van der Waals surface area contributed by atoms with Crippen LogP contribution in [-0.2, 0) is 14.8 Å². The minimum atomic E-state index is -3.53. The molecule has 1 heterocycles. The molecule has 1 amide bonds. The SMILES string of the molecule is Cc1ccc(S(=O)(=O)N2CCC[C@H](C(=O)NC3CCCCCC3)C2)cc1. The lowest BCUT2D eigenvalue weighted by atomic mass is 9.97. The maximum Gasteiger partial charge on any atom is 0.243 e. The van der Waals surface area contributed by atoms with E-state index in [0.29, 0.717) is 11.4 Å². The molecule has 1 aliphatic heterocycles. The molecule has 0 aromatic heterocycles. The van der Waals surface area contributed by atoms with Gasteiger partial charge in [0.25, 0.3) is 0 Å². The number of nitrogens with one attached hydrogen (secondary N) is 1. The third-order valence-electron chi connectivity index (χ3n) is 5.62. The molecule has 1 N–H and O–H groups in total. The van der Waals surface area contributed by atoms with E-state index in [2.05, 4.69) is 5.32 Å². The number of hydrogen-bond acceptors (Lipinski definition) is 3. The Balaban J connectivity index is 1.64. The fraction of sp³-hybridized carbons (Fsp3) is 0.650. The molecule has 26 heavy (non-hydrogen) atoms. The Kier molecular flexibility index (Phi) is 6.35. The van der Waals surface area contributed by atoms with E-state index >= 15 is 0 Å². The van der Waals surface area contributed by atoms with Crippen LogP contribution in [0.3, 0.4) is 0 Å². The first-order valence-corrected chi connectivity index (χ1v) is 11.3. The summed E-state index contributed by atoms with van der Waals surface area (Å²) in [5.41, 5.74) is 1.03. The molecule has 2 fully saturated rings. The number of benzene rings is 1. The zero-order valence-corrected chi connectivity index (χ0v) is 16.4. The maximum absolute atomic E-state index is 12.9. The highest BCUT2D eigenvalue weighted by Gasteiger charge is 2.33. The molecule has 1 aliphatic carbocycles. The Bertz CT molecular complexity index is 707. The van der Waals surface area contributed by atoms with Gasteiger partial charge in [-0.1, -0.05) is 43.4 Å². The van der Waals surface area contributed by atoms with Crippen molar-refractivity contribution in [1.29, 1.82) is 0 Å². The number of carbonyl (C=O) groups is 1. The second kappa shape index (κ2) is 8.53. The van der Waals surface area contributed by atoms with E-state index in [-0.39, 0.29) is 24.4 Å². The molecule has 3 rings (SSSR count). The average Bonchev–Trinajstić information content (AvgIpc) is 2.91. The first kappa shape index (κ1) is 19.4. The van der Waals surface area contributed by atoms with Gasteiger partial charge in [-0.15, -0.1) is 0 Å². The average molecular weight is 379 g/mol. The predicted octanol–water partition coefficient (Wildman–Crippen LogP) is 3.23. The van der Waals surface area contributed by atoms with Gasteiger partial charge in [0.2, 0.25) is 15.9 Å². The molecule has 1 aromatic carbocycles. The van der Waals surface area contributed by atoms with Crippen LogP contribution in [0.5, 0.6) is 0 Å². The molecule has 5 nitrogen and oxygen atoms in total. The molecule has 0 spiro atoms. The highest BCUT2D eigenvalue weighted by atomic mass is 32.2. The zero-order chi connectivity index (χ0) is 18.6. The molecule has 2 aliphatic rings. The number of hydrogen-bond donors (Lipinski definition) is 1. The number of nitrogens with zero attached hydrogens (tertiary/aromatic N) is 1. The molecule has 1 saturated carbocycles. The summed E-state index contributed by atoms with van der Waals surface area (Å²) < 4.78 is 27.3. The second-order valence-electron chi connectivity index (χ2n) is 7.71. The van der Waals surface area contributed by atoms with Crippen LogP contribution in [-0.4, -0.2) is 37.8 Å². The zero-order valence-electron chi connectivity index (χ0n) is 15.6. The van der Waals surface area contributed by atoms with Gasteiger partial charge in [0.1, 0.15) is 0 Å². The van der Waals surface area contributed by atoms with E-state index in [1.54, 1.807) is 12.1 Å². The van der Waals surface area contributed by atoms with Gasteiger partial charge in [0.15, 0.2) is 0 Å². The molecular weight excluding hydrogens is 348 g/mol. The predicted molar refractivity (Wildman–Crippen MR) is 102 cm³/mol. The van der Waals surface area contributed by atoms with E-state index < -0.39 is 10.0 Å². The Morgan fingerprint density at radius 1 is 1.00 bits per heavy atom. The number of piperidine rings is 1. The van der Waals surface area contributed by atoms with Crippen molar-refractivity contribution in [3.05, 3.63) is 29.8 Å². The third kappa shape index (κ3) is 4.65. The van der Waals surface area contributed by atoms with Crippen molar-refractivity contribution in [3.8, 4) is 0 Å². The minimum Gasteiger partial charge on any atom is -0.353 e. The van der Waals surface area contributed by atoms with Crippen LogP contribution < -0.4 is 5.32 Å². The summed E-state index contributed by atoms with van der Waals surface area (Å²) in [5, 5.41) is 3.19. The second-order valence-corrected chi connectivity index (χ2v) is 9.65. The Hall–Kier alpha value is -1.40. The van der Waals surface area contributed by atoms with Gasteiger partial charge >= 0.3 is 0 Å². The van der Waals surface area contributed by atoms with Crippen molar-refractivity contribution in [1.82, 2.24) is 9.62 Å². The Morgan fingerprint density at radius 3 is 2.31 bits per heavy atom. The van der Waals surface area contributed by atoms with E-state index in [9.17, 15) is 13.2 Å². The Labute approximate surface area is 157 Å². The van der Waals surface area contributed by atoms with Crippen LogP contribution in [0.25, 0.3) is 0 Å². The van der Waals surface area contributed by atoms with Gasteiger partial charge in [-0.3, -0.25) is 4.79 Å². The van der Waals surface area contributed by atoms with Gasteiger partial charge in [0.05, 0.1) is 10.8 Å². The van der Waals surface area contributed by atoms with E-state index in [4.69, 9.17) is 0 Å². The van der Waals surface area contributed by atoms with Gasteiger partial charge in [-0.25, -0.2) is 8.42 Å². The highest BCUT2D eigenvalue weighted by Crippen LogP contribution is 2.25. The number of sulfonamides is 1. The molecular formula is C20H30N2O3S. The molecule has 1 atom stereocenters. The van der Waals surface area contributed by atoms with Crippen LogP contribution in [0.1, 0.15) is 56.9 Å². The van der Waals surface area contributed by atoms with E-state index in [0.717, 1.165) is 31.2 Å². The molecule has 0 radical (unpaired) electrons. The lowest BCUT2D eigenvalue weighted by Crippen LogP contribution is -2.47. The quantitative estimate of drug-likeness (QED) is 0.818. The summed E-state index contributed by atoms with van der Waals surface area (Å²) in [6.45, 7) is 2.71. The van der Waals surface area contributed by atoms with Gasteiger partial charge in [0, 0.05) is 19.1 Å². The number of carbonyl (C=O) groups excluding carboxylic acids is 1. The molecule has 6 heteroatoms. The van der Waals surface area contributed by atoms with Crippen molar-refractivity contribution >= 4 is 15.9 Å². The molecule has 0 unspecified atom stereocenters. The number of rotatable bonds is 4. The van der Waals surface area contributed by atoms with Crippen LogP contribution in [0.2, 0.25) is 0 Å². The first-order chi connectivity index (χ1) is 12.5. The molecule has 0 bridgehead atoms. The van der Waals surface area contributed by atoms with Crippen molar-refractivity contribution in [2.24, 2.45) is 5.92 Å². The Morgan fingerprint density at radius 2 is 1.65 bits per heavy atom. The molecule has 1 saturated heterocycles. The fourth-order valence-corrected chi connectivity index (χ4v) is 5.50. The normalized spacial score (nSPS) is 23.3. The van der Waals surface area contributed by atoms with E-state index in [1.165, 1.54) is 30.0 Å².